The van der Waals surface area contributed by atoms with Gasteiger partial charge >= 0.3 is 6.61 Å². The second-order valence-corrected chi connectivity index (χ2v) is 10.1. The zero-order valence-electron chi connectivity index (χ0n) is 21.0. The molecule has 4 heterocycles. The molecule has 0 aliphatic carbocycles. The highest BCUT2D eigenvalue weighted by Crippen LogP contribution is 2.45. The molecule has 2 aromatic rings. The molecule has 0 amide bonds. The fourth-order valence-electron chi connectivity index (χ4n) is 5.93. The summed E-state index contributed by atoms with van der Waals surface area (Å²) in [5, 5.41) is 0. The van der Waals surface area contributed by atoms with E-state index in [1.165, 1.54) is 6.07 Å². The predicted octanol–water partition coefficient (Wildman–Crippen LogP) is 6.29. The van der Waals surface area contributed by atoms with E-state index in [2.05, 4.69) is 10.7 Å². The van der Waals surface area contributed by atoms with E-state index in [0.29, 0.717) is 48.9 Å². The SMILES string of the molecule is CN1CC(c2ccccc2OC(F)F)C2Cc3cc(C4=CC=C=C(C5CCOCC5)N=C4)c(F)cc3N=C21. The summed E-state index contributed by atoms with van der Waals surface area (Å²) in [7, 11) is 1.93. The molecule has 196 valence electrons. The lowest BCUT2D eigenvalue weighted by Crippen LogP contribution is -2.26. The topological polar surface area (TPSA) is 46.4 Å². The lowest BCUT2D eigenvalue weighted by Gasteiger charge is -2.26. The molecule has 2 saturated heterocycles. The summed E-state index contributed by atoms with van der Waals surface area (Å²) in [4.78, 5) is 11.5. The van der Waals surface area contributed by atoms with Crippen LogP contribution in [0.3, 0.4) is 0 Å². The van der Waals surface area contributed by atoms with Gasteiger partial charge in [0.05, 0.1) is 11.4 Å². The first-order chi connectivity index (χ1) is 18.5. The third kappa shape index (κ3) is 4.70. The van der Waals surface area contributed by atoms with Crippen LogP contribution in [0.4, 0.5) is 18.9 Å². The maximum Gasteiger partial charge on any atom is 0.387 e. The number of likely N-dealkylation sites (N-methyl/N-ethyl adjacent to an activating group) is 1. The first kappa shape index (κ1) is 24.7. The summed E-state index contributed by atoms with van der Waals surface area (Å²) < 4.78 is 51.8. The van der Waals surface area contributed by atoms with Crippen LogP contribution in [-0.2, 0) is 11.2 Å². The van der Waals surface area contributed by atoms with Gasteiger partial charge in [-0.1, -0.05) is 23.9 Å². The number of ether oxygens (including phenoxy) is 2. The average molecular weight is 520 g/mol. The minimum Gasteiger partial charge on any atom is -0.435 e. The quantitative estimate of drug-likeness (QED) is 0.436. The summed E-state index contributed by atoms with van der Waals surface area (Å²) in [6.45, 7) is -0.862. The van der Waals surface area contributed by atoms with Crippen LogP contribution in [0.1, 0.15) is 35.4 Å². The normalized spacial score (nSPS) is 23.0. The summed E-state index contributed by atoms with van der Waals surface area (Å²) in [5.74, 6) is 0.838. The van der Waals surface area contributed by atoms with Gasteiger partial charge in [0.1, 0.15) is 17.4 Å². The number of aliphatic imine (C=N–C) groups is 2. The summed E-state index contributed by atoms with van der Waals surface area (Å²) in [6.07, 6.45) is 7.78. The van der Waals surface area contributed by atoms with Gasteiger partial charge in [-0.15, -0.1) is 0 Å². The molecular formula is C30H28F3N3O2. The third-order valence-corrected chi connectivity index (χ3v) is 7.81. The first-order valence-corrected chi connectivity index (χ1v) is 12.9. The molecule has 0 bridgehead atoms. The van der Waals surface area contributed by atoms with E-state index < -0.39 is 6.61 Å². The Hall–Kier alpha value is -3.61. The largest absolute Gasteiger partial charge is 0.435 e. The van der Waals surface area contributed by atoms with Crippen LogP contribution in [0.15, 0.2) is 70.0 Å². The monoisotopic (exact) mass is 519 g/mol. The van der Waals surface area contributed by atoms with Gasteiger partial charge in [0.2, 0.25) is 0 Å². The number of allylic oxidation sites excluding steroid dienone is 3. The Morgan fingerprint density at radius 2 is 1.95 bits per heavy atom. The van der Waals surface area contributed by atoms with Crippen LogP contribution in [0, 0.1) is 17.7 Å². The second-order valence-electron chi connectivity index (χ2n) is 10.1. The molecule has 2 unspecified atom stereocenters. The number of nitrogens with zero attached hydrogens (tertiary/aromatic N) is 3. The number of amidine groups is 1. The molecule has 2 aromatic carbocycles. The van der Waals surface area contributed by atoms with Gasteiger partial charge in [0, 0.05) is 68.0 Å². The number of fused-ring (bicyclic) bond motifs is 2. The Bertz CT molecular complexity index is 1400. The molecule has 0 N–H and O–H groups in total. The number of halogens is 3. The van der Waals surface area contributed by atoms with Crippen molar-refractivity contribution >= 4 is 23.3 Å². The van der Waals surface area contributed by atoms with Crippen molar-refractivity contribution < 1.29 is 22.6 Å². The van der Waals surface area contributed by atoms with Crippen LogP contribution in [0.5, 0.6) is 5.75 Å². The molecule has 2 atom stereocenters. The number of hydrogen-bond donors (Lipinski definition) is 0. The lowest BCUT2D eigenvalue weighted by molar-refractivity contribution is -0.0506. The van der Waals surface area contributed by atoms with Crippen LogP contribution in [0.25, 0.3) is 5.57 Å². The number of alkyl halides is 2. The van der Waals surface area contributed by atoms with Crippen molar-refractivity contribution in [3.8, 4) is 5.75 Å². The molecular weight excluding hydrogens is 491 g/mol. The molecule has 2 fully saturated rings. The minimum atomic E-state index is -2.90. The molecule has 0 saturated carbocycles. The van der Waals surface area contributed by atoms with E-state index >= 15 is 4.39 Å². The van der Waals surface area contributed by atoms with E-state index in [1.54, 1.807) is 18.3 Å². The van der Waals surface area contributed by atoms with Crippen molar-refractivity contribution in [2.24, 2.45) is 21.8 Å². The van der Waals surface area contributed by atoms with Crippen molar-refractivity contribution in [3.05, 3.63) is 82.5 Å². The van der Waals surface area contributed by atoms with E-state index in [4.69, 9.17) is 14.5 Å². The van der Waals surface area contributed by atoms with Crippen LogP contribution < -0.4 is 4.74 Å². The second kappa shape index (κ2) is 10.3. The molecule has 0 aromatic heterocycles. The minimum absolute atomic E-state index is 0.0355. The van der Waals surface area contributed by atoms with Gasteiger partial charge < -0.3 is 14.4 Å². The van der Waals surface area contributed by atoms with Gasteiger partial charge in [-0.25, -0.2) is 9.38 Å². The number of rotatable bonds is 5. The number of para-hydroxylation sites is 1. The average Bonchev–Trinajstić information content (AvgIpc) is 3.07. The van der Waals surface area contributed by atoms with Crippen molar-refractivity contribution in [1.82, 2.24) is 4.90 Å². The highest BCUT2D eigenvalue weighted by molar-refractivity contribution is 6.11. The highest BCUT2D eigenvalue weighted by Gasteiger charge is 2.41. The summed E-state index contributed by atoms with van der Waals surface area (Å²) in [6, 6.07) is 10.3. The van der Waals surface area contributed by atoms with Crippen molar-refractivity contribution in [1.29, 1.82) is 0 Å². The number of benzene rings is 2. The number of likely N-dealkylation sites (tertiary alicyclic amines) is 1. The zero-order valence-corrected chi connectivity index (χ0v) is 21.0. The molecule has 4 aliphatic rings. The van der Waals surface area contributed by atoms with E-state index in [-0.39, 0.29) is 23.4 Å². The predicted molar refractivity (Wildman–Crippen MR) is 141 cm³/mol. The fraction of sp³-hybridized carbons (Fsp3) is 0.367. The van der Waals surface area contributed by atoms with Gasteiger partial charge in [0.25, 0.3) is 0 Å². The van der Waals surface area contributed by atoms with Gasteiger partial charge in [-0.05, 0) is 54.7 Å². The Morgan fingerprint density at radius 3 is 2.76 bits per heavy atom. The Labute approximate surface area is 219 Å². The van der Waals surface area contributed by atoms with Crippen LogP contribution in [-0.4, -0.2) is 50.4 Å². The van der Waals surface area contributed by atoms with Gasteiger partial charge in [-0.3, -0.25) is 4.99 Å². The summed E-state index contributed by atoms with van der Waals surface area (Å²) >= 11 is 0. The van der Waals surface area contributed by atoms with Gasteiger partial charge in [0.15, 0.2) is 0 Å². The van der Waals surface area contributed by atoms with Crippen LogP contribution in [0.2, 0.25) is 0 Å². The van der Waals surface area contributed by atoms with E-state index in [0.717, 1.165) is 35.5 Å². The molecule has 5 nitrogen and oxygen atoms in total. The summed E-state index contributed by atoms with van der Waals surface area (Å²) in [5.41, 5.74) is 7.51. The first-order valence-electron chi connectivity index (χ1n) is 12.9. The Balaban J connectivity index is 1.29. The van der Waals surface area contributed by atoms with Crippen LogP contribution >= 0.6 is 0 Å². The molecule has 0 radical (unpaired) electrons. The Morgan fingerprint density at radius 1 is 1.13 bits per heavy atom. The standard InChI is InChI=1S/C30H28F3N3O2/c1-36-17-24(21-6-2-3-8-28(21)38-30(32)33)23-14-20-13-22(25(31)15-27(20)35-29(23)36)19-5-4-7-26(34-16-19)18-9-11-37-12-10-18/h2-6,8,13,15-16,18,23-24,30H,9-12,14,17H2,1H3. The van der Waals surface area contributed by atoms with E-state index in [9.17, 15) is 8.78 Å². The third-order valence-electron chi connectivity index (χ3n) is 7.81. The molecule has 38 heavy (non-hydrogen) atoms. The van der Waals surface area contributed by atoms with E-state index in [1.807, 2.05) is 42.3 Å². The smallest absolute Gasteiger partial charge is 0.387 e. The molecule has 4 aliphatic heterocycles. The molecule has 0 spiro atoms. The fourth-order valence-corrected chi connectivity index (χ4v) is 5.93. The van der Waals surface area contributed by atoms with Gasteiger partial charge in [-0.2, -0.15) is 8.78 Å². The highest BCUT2D eigenvalue weighted by atomic mass is 19.3. The lowest BCUT2D eigenvalue weighted by atomic mass is 9.81. The molecule has 8 heteroatoms. The van der Waals surface area contributed by atoms with Crippen molar-refractivity contribution in [2.75, 3.05) is 26.8 Å². The Kier molecular flexibility index (Phi) is 6.68. The van der Waals surface area contributed by atoms with Crippen molar-refractivity contribution in [3.63, 3.8) is 0 Å². The maximum absolute atomic E-state index is 15.4. The van der Waals surface area contributed by atoms with Crippen molar-refractivity contribution in [2.45, 2.75) is 31.8 Å². The number of hydrogen-bond acceptors (Lipinski definition) is 5. The maximum atomic E-state index is 15.4. The molecule has 6 rings (SSSR count). The zero-order chi connectivity index (χ0) is 26.2.